The third-order valence-corrected chi connectivity index (χ3v) is 14.0. The number of hydrogen-bond donors (Lipinski definition) is 1. The van der Waals surface area contributed by atoms with E-state index in [-0.39, 0.29) is 28.7 Å². The molecule has 1 saturated carbocycles. The van der Waals surface area contributed by atoms with E-state index in [1.165, 1.54) is 18.4 Å². The summed E-state index contributed by atoms with van der Waals surface area (Å²) in [6.07, 6.45) is 4.37. The highest BCUT2D eigenvalue weighted by Gasteiger charge is 2.37. The quantitative estimate of drug-likeness (QED) is 0.121. The lowest BCUT2D eigenvalue weighted by atomic mass is 10.0. The summed E-state index contributed by atoms with van der Waals surface area (Å²) in [5.41, 5.74) is 8.87. The van der Waals surface area contributed by atoms with E-state index >= 15 is 0 Å². The normalized spacial score (nSPS) is 14.1. The first-order valence-electron chi connectivity index (χ1n) is 15.4. The molecule has 44 heavy (non-hydrogen) atoms. The summed E-state index contributed by atoms with van der Waals surface area (Å²) in [7, 11) is 0.329. The Morgan fingerprint density at radius 2 is 1.77 bits per heavy atom. The van der Waals surface area contributed by atoms with Gasteiger partial charge in [0.1, 0.15) is 5.75 Å². The van der Waals surface area contributed by atoms with Crippen molar-refractivity contribution in [3.63, 3.8) is 0 Å². The van der Waals surface area contributed by atoms with Crippen LogP contribution in [0.1, 0.15) is 65.8 Å². The Morgan fingerprint density at radius 3 is 2.45 bits per heavy atom. The van der Waals surface area contributed by atoms with Crippen molar-refractivity contribution >= 4 is 53.3 Å². The fourth-order valence-corrected chi connectivity index (χ4v) is 6.45. The van der Waals surface area contributed by atoms with Crippen LogP contribution in [0.3, 0.4) is 0 Å². The third kappa shape index (κ3) is 7.20. The van der Waals surface area contributed by atoms with Crippen LogP contribution in [0, 0.1) is 0 Å². The average Bonchev–Trinajstić information content (AvgIpc) is 3.74. The van der Waals surface area contributed by atoms with Gasteiger partial charge in [0.25, 0.3) is 5.91 Å². The minimum Gasteiger partial charge on any atom is -0.485 e. The molecule has 7 nitrogen and oxygen atoms in total. The van der Waals surface area contributed by atoms with Crippen LogP contribution in [0.2, 0.25) is 23.2 Å². The standard InChI is InChI=1S/C35H44ClN3O4Si/c1-35(2,3)44(5,6)43-16-15-38(4)13-14-39-21-30(28-12-10-24(19-31(28)39)23-7-8-23)32(40)22-42-33-20-25-9-11-27(36)17-26(25)18-29(33)34(37)41/h9-12,17-21,23H,7-8,13-16,22H2,1-6H3,(H2,37,41). The van der Waals surface area contributed by atoms with Gasteiger partial charge < -0.3 is 24.4 Å². The molecule has 234 valence electrons. The Hall–Kier alpha value is -3.17. The predicted octanol–water partition coefficient (Wildman–Crippen LogP) is 7.64. The number of nitrogens with two attached hydrogens (primary N) is 1. The largest absolute Gasteiger partial charge is 0.485 e. The van der Waals surface area contributed by atoms with Gasteiger partial charge in [0, 0.05) is 53.9 Å². The topological polar surface area (TPSA) is 86.8 Å². The smallest absolute Gasteiger partial charge is 0.252 e. The molecule has 0 saturated heterocycles. The van der Waals surface area contributed by atoms with Crippen molar-refractivity contribution in [1.82, 2.24) is 9.47 Å². The minimum atomic E-state index is -1.79. The van der Waals surface area contributed by atoms with Gasteiger partial charge >= 0.3 is 0 Å². The molecule has 1 fully saturated rings. The number of ketones is 1. The molecule has 9 heteroatoms. The Morgan fingerprint density at radius 1 is 1.02 bits per heavy atom. The monoisotopic (exact) mass is 633 g/mol. The van der Waals surface area contributed by atoms with Crippen molar-refractivity contribution in [2.45, 2.75) is 64.2 Å². The zero-order valence-corrected chi connectivity index (χ0v) is 28.5. The summed E-state index contributed by atoms with van der Waals surface area (Å²) >= 11 is 6.13. The summed E-state index contributed by atoms with van der Waals surface area (Å²) in [5, 5.41) is 3.27. The number of benzene rings is 3. The lowest BCUT2D eigenvalue weighted by Gasteiger charge is -2.36. The lowest BCUT2D eigenvalue weighted by molar-refractivity contribution is 0.0913. The maximum Gasteiger partial charge on any atom is 0.252 e. The van der Waals surface area contributed by atoms with Gasteiger partial charge in [-0.15, -0.1) is 0 Å². The van der Waals surface area contributed by atoms with Gasteiger partial charge in [-0.05, 0) is 90.6 Å². The molecule has 1 aromatic heterocycles. The van der Waals surface area contributed by atoms with Crippen molar-refractivity contribution in [2.24, 2.45) is 5.73 Å². The summed E-state index contributed by atoms with van der Waals surface area (Å²) in [5.74, 6) is 0.102. The summed E-state index contributed by atoms with van der Waals surface area (Å²) in [6.45, 7) is 14.2. The Kier molecular flexibility index (Phi) is 9.28. The van der Waals surface area contributed by atoms with Crippen LogP contribution in [0.4, 0.5) is 0 Å². The number of halogens is 1. The van der Waals surface area contributed by atoms with Crippen molar-refractivity contribution in [1.29, 1.82) is 0 Å². The van der Waals surface area contributed by atoms with E-state index in [2.05, 4.69) is 68.6 Å². The number of carbonyl (C=O) groups is 2. The average molecular weight is 634 g/mol. The highest BCUT2D eigenvalue weighted by atomic mass is 35.5. The minimum absolute atomic E-state index is 0.157. The molecule has 2 N–H and O–H groups in total. The van der Waals surface area contributed by atoms with Gasteiger partial charge in [-0.25, -0.2) is 0 Å². The number of nitrogens with zero attached hydrogens (tertiary/aromatic N) is 2. The van der Waals surface area contributed by atoms with Crippen LogP contribution >= 0.6 is 11.6 Å². The molecular weight excluding hydrogens is 590 g/mol. The van der Waals surface area contributed by atoms with E-state index in [0.717, 1.165) is 41.3 Å². The van der Waals surface area contributed by atoms with Gasteiger partial charge in [-0.1, -0.05) is 50.6 Å². The molecule has 5 rings (SSSR count). The molecule has 1 amide bonds. The van der Waals surface area contributed by atoms with E-state index in [4.69, 9.17) is 26.5 Å². The molecule has 1 heterocycles. The first kappa shape index (κ1) is 32.2. The molecule has 0 atom stereocenters. The van der Waals surface area contributed by atoms with Crippen molar-refractivity contribution in [3.05, 3.63) is 76.4 Å². The molecule has 0 unspecified atom stereocenters. The number of rotatable bonds is 13. The second-order valence-corrected chi connectivity index (χ2v) is 18.9. The van der Waals surface area contributed by atoms with Gasteiger partial charge in [0.2, 0.25) is 5.78 Å². The molecular formula is C35H44ClN3O4Si. The van der Waals surface area contributed by atoms with E-state index in [9.17, 15) is 9.59 Å². The van der Waals surface area contributed by atoms with Crippen LogP contribution in [0.5, 0.6) is 5.75 Å². The first-order chi connectivity index (χ1) is 20.7. The van der Waals surface area contributed by atoms with Crippen LogP contribution in [0.15, 0.2) is 54.7 Å². The fraction of sp³-hybridized carbons (Fsp3) is 0.429. The molecule has 4 aromatic rings. The third-order valence-electron chi connectivity index (χ3n) is 9.25. The van der Waals surface area contributed by atoms with Gasteiger partial charge in [-0.3, -0.25) is 9.59 Å². The van der Waals surface area contributed by atoms with E-state index in [1.807, 2.05) is 12.3 Å². The molecule has 0 aliphatic heterocycles. The van der Waals surface area contributed by atoms with E-state index in [1.54, 1.807) is 24.3 Å². The van der Waals surface area contributed by atoms with Crippen molar-refractivity contribution in [3.8, 4) is 5.75 Å². The predicted molar refractivity (Wildman–Crippen MR) is 182 cm³/mol. The van der Waals surface area contributed by atoms with Gasteiger partial charge in [0.15, 0.2) is 14.9 Å². The zero-order valence-electron chi connectivity index (χ0n) is 26.7. The number of aromatic nitrogens is 1. The molecule has 0 spiro atoms. The number of fused-ring (bicyclic) bond motifs is 2. The maximum absolute atomic E-state index is 13.6. The van der Waals surface area contributed by atoms with Crippen LogP contribution < -0.4 is 10.5 Å². The number of carbonyl (C=O) groups excluding carboxylic acids is 2. The Balaban J connectivity index is 1.32. The number of hydrogen-bond acceptors (Lipinski definition) is 5. The molecule has 0 radical (unpaired) electrons. The SMILES string of the molecule is CN(CCO[Si](C)(C)C(C)(C)C)CCn1cc(C(=O)COc2cc3ccc(Cl)cc3cc2C(N)=O)c2ccc(C3CC3)cc21. The highest BCUT2D eigenvalue weighted by Crippen LogP contribution is 2.41. The summed E-state index contributed by atoms with van der Waals surface area (Å²) in [4.78, 5) is 28.1. The fourth-order valence-electron chi connectivity index (χ4n) is 5.23. The number of likely N-dealkylation sites (N-methyl/N-ethyl adjacent to an activating group) is 1. The summed E-state index contributed by atoms with van der Waals surface area (Å²) < 4.78 is 14.5. The van der Waals surface area contributed by atoms with Crippen LogP contribution in [0.25, 0.3) is 21.7 Å². The lowest BCUT2D eigenvalue weighted by Crippen LogP contribution is -2.42. The van der Waals surface area contributed by atoms with Crippen molar-refractivity contribution < 1.29 is 18.8 Å². The maximum atomic E-state index is 13.6. The molecule has 1 aliphatic rings. The Labute approximate surface area is 266 Å². The number of ether oxygens (including phenoxy) is 1. The molecule has 3 aromatic carbocycles. The second kappa shape index (κ2) is 12.7. The number of Topliss-reactive ketones (excluding diaryl/α,β-unsaturated/α-hetero) is 1. The Bertz CT molecular complexity index is 1700. The summed E-state index contributed by atoms with van der Waals surface area (Å²) in [6, 6.07) is 15.2. The van der Waals surface area contributed by atoms with Gasteiger partial charge in [0.05, 0.1) is 5.56 Å². The molecule has 0 bridgehead atoms. The highest BCUT2D eigenvalue weighted by molar-refractivity contribution is 6.74. The molecule has 1 aliphatic carbocycles. The number of amides is 1. The second-order valence-electron chi connectivity index (χ2n) is 13.6. The number of primary amides is 1. The van der Waals surface area contributed by atoms with Gasteiger partial charge in [-0.2, -0.15) is 0 Å². The van der Waals surface area contributed by atoms with Crippen molar-refractivity contribution in [2.75, 3.05) is 33.4 Å². The van der Waals surface area contributed by atoms with Crippen LogP contribution in [-0.4, -0.2) is 62.8 Å². The first-order valence-corrected chi connectivity index (χ1v) is 18.7. The zero-order chi connectivity index (χ0) is 31.8. The van der Waals surface area contributed by atoms with E-state index < -0.39 is 14.2 Å². The van der Waals surface area contributed by atoms with E-state index in [0.29, 0.717) is 23.1 Å². The van der Waals surface area contributed by atoms with Crippen LogP contribution in [-0.2, 0) is 11.0 Å².